The van der Waals surface area contributed by atoms with Gasteiger partial charge in [-0.15, -0.1) is 5.92 Å². The molecule has 20 aliphatic rings. The number of hydrogen-bond donors (Lipinski definition) is 0. The Bertz CT molecular complexity index is 2930. The maximum Gasteiger partial charge on any atom is 2.00 e. The summed E-state index contributed by atoms with van der Waals surface area (Å²) in [7, 11) is 0. The van der Waals surface area contributed by atoms with Gasteiger partial charge in [-0.05, 0) is 192 Å². The summed E-state index contributed by atoms with van der Waals surface area (Å²) in [4.78, 5) is 111. The van der Waals surface area contributed by atoms with E-state index in [4.69, 9.17) is 37.9 Å². The molecule has 0 aromatic heterocycles. The third kappa shape index (κ3) is 21.8. The molecule has 0 radical (unpaired) electrons. The van der Waals surface area contributed by atoms with Crippen molar-refractivity contribution in [3.05, 3.63) is 25.7 Å². The summed E-state index contributed by atoms with van der Waals surface area (Å²) in [5.41, 5.74) is 0.747. The van der Waals surface area contributed by atoms with E-state index in [0.717, 1.165) is 94.2 Å². The van der Waals surface area contributed by atoms with Gasteiger partial charge in [0.15, 0.2) is 0 Å². The van der Waals surface area contributed by atoms with Crippen molar-refractivity contribution in [3.8, 4) is 0 Å². The molecule has 2 spiro atoms. The van der Waals surface area contributed by atoms with Crippen LogP contribution >= 0.6 is 0 Å². The molecule has 19 nitrogen and oxygen atoms in total. The van der Waals surface area contributed by atoms with Gasteiger partial charge in [-0.3, -0.25) is 56.0 Å². The van der Waals surface area contributed by atoms with Gasteiger partial charge in [-0.25, -0.2) is 0 Å². The van der Waals surface area contributed by atoms with E-state index in [1.54, 1.807) is 0 Å². The van der Waals surface area contributed by atoms with Crippen LogP contribution in [0.15, 0.2) is 0 Å². The average molecular weight is 1840 g/mol. The van der Waals surface area contributed by atoms with Crippen LogP contribution in [-0.4, -0.2) is 117 Å². The van der Waals surface area contributed by atoms with Crippen molar-refractivity contribution in [2.75, 3.05) is 33.0 Å². The third-order valence-corrected chi connectivity index (χ3v) is 26.8. The van der Waals surface area contributed by atoms with Crippen LogP contribution in [0.4, 0.5) is 0 Å². The first kappa shape index (κ1) is 92.1. The Morgan fingerprint density at radius 3 is 1.65 bits per heavy atom. The minimum Gasteiger partial charge on any atom is -0.499 e. The molecule has 0 amide bonds. The molecule has 9 heterocycles. The van der Waals surface area contributed by atoms with Crippen molar-refractivity contribution in [1.82, 2.24) is 0 Å². The minimum absolute atomic E-state index is 0. The fourth-order valence-electron chi connectivity index (χ4n) is 21.6. The van der Waals surface area contributed by atoms with E-state index >= 15 is 0 Å². The van der Waals surface area contributed by atoms with Crippen LogP contribution < -0.4 is 0 Å². The van der Waals surface area contributed by atoms with Crippen LogP contribution in [0.2, 0.25) is 0 Å². The van der Waals surface area contributed by atoms with Gasteiger partial charge in [0.1, 0.15) is 18.0 Å². The second kappa shape index (κ2) is 40.8. The molecule has 0 aromatic rings. The Kier molecular flexibility index (Phi) is 35.2. The number of carbonyl (C=O) groups excluding carboxylic acids is 10. The third-order valence-electron chi connectivity index (χ3n) is 26.8. The van der Waals surface area contributed by atoms with E-state index < -0.39 is 0 Å². The molecule has 0 N–H and O–H groups in total. The fraction of sp³-hybridized carbons (Fsp3) is 0.837. The molecule has 20 fully saturated rings. The number of fused-ring (bicyclic) bond motifs is 18. The quantitative estimate of drug-likeness (QED) is 0.134. The molecule has 20 rings (SSSR count). The first-order chi connectivity index (χ1) is 50.1. The fourth-order valence-corrected chi connectivity index (χ4v) is 21.6. The van der Waals surface area contributed by atoms with Gasteiger partial charge in [-0.1, -0.05) is 135 Å². The van der Waals surface area contributed by atoms with Gasteiger partial charge in [-0.2, -0.15) is 18.3 Å². The van der Waals surface area contributed by atoms with E-state index in [-0.39, 0.29) is 178 Å². The molecule has 9 saturated heterocycles. The molecule has 14 bridgehead atoms. The van der Waals surface area contributed by atoms with E-state index in [2.05, 4.69) is 59.6 Å². The van der Waals surface area contributed by atoms with Crippen molar-refractivity contribution < 1.29 is 133 Å². The minimum atomic E-state index is -0.321. The molecule has 11 saturated carbocycles. The van der Waals surface area contributed by atoms with Crippen LogP contribution in [-0.2, 0) is 133 Å². The van der Waals surface area contributed by atoms with Crippen molar-refractivity contribution in [3.63, 3.8) is 0 Å². The summed E-state index contributed by atoms with van der Waals surface area (Å²) in [5, 5.41) is 0. The monoisotopic (exact) mass is 1840 g/mol. The Morgan fingerprint density at radius 2 is 1.14 bits per heavy atom. The van der Waals surface area contributed by atoms with Crippen molar-refractivity contribution >= 4 is 59.5 Å². The number of esters is 9. The molecule has 604 valence electrons. The summed E-state index contributed by atoms with van der Waals surface area (Å²) in [6, 6.07) is 0. The molecule has 107 heavy (non-hydrogen) atoms. The number of rotatable bonds is 1. The zero-order valence-electron chi connectivity index (χ0n) is 68.0. The number of ether oxygens (including phenoxy) is 9. The summed E-state index contributed by atoms with van der Waals surface area (Å²) < 4.78 is 45.3. The van der Waals surface area contributed by atoms with Gasteiger partial charge in [0.2, 0.25) is 0 Å². The molecule has 11 aliphatic carbocycles. The normalized spacial score (nSPS) is 40.5. The smallest absolute Gasteiger partial charge is 0.499 e. The van der Waals surface area contributed by atoms with Crippen LogP contribution in [0.1, 0.15) is 265 Å². The topological polar surface area (TPSA) is 254 Å². The second-order valence-electron chi connectivity index (χ2n) is 34.8. The number of hydrogen-bond acceptors (Lipinski definition) is 19. The summed E-state index contributed by atoms with van der Waals surface area (Å²) in [6.07, 6.45) is 34.2. The molecule has 25 atom stereocenters. The van der Waals surface area contributed by atoms with Gasteiger partial charge in [0, 0.05) is 23.7 Å². The molecular formula is C86H134O19W2. The van der Waals surface area contributed by atoms with Gasteiger partial charge in [0.25, 0.3) is 11.9 Å². The van der Waals surface area contributed by atoms with Gasteiger partial charge < -0.3 is 60.3 Å². The Hall–Kier alpha value is -3.72. The summed E-state index contributed by atoms with van der Waals surface area (Å²) in [6.45, 7) is 38.1. The Morgan fingerprint density at radius 1 is 0.514 bits per heavy atom. The van der Waals surface area contributed by atoms with Gasteiger partial charge >= 0.3 is 83.9 Å². The van der Waals surface area contributed by atoms with Crippen molar-refractivity contribution in [2.24, 2.45) is 134 Å². The van der Waals surface area contributed by atoms with Gasteiger partial charge in [0.05, 0.1) is 69.0 Å². The van der Waals surface area contributed by atoms with Crippen LogP contribution in [0.3, 0.4) is 0 Å². The Labute approximate surface area is 670 Å². The molecule has 0 aromatic carbocycles. The molecule has 9 aliphatic heterocycles. The molecular weight excluding hydrogens is 1700 g/mol. The van der Waals surface area contributed by atoms with Crippen molar-refractivity contribution in [1.29, 1.82) is 0 Å². The number of ketones is 1. The standard InChI is InChI=1S/C12H18O2.C10H12O3.2C10H14O2.C9H12O2.C8H12O2.C8H10O2.C7H12O2.C4H6O2.4C2H6.2W/c1-12(2,3)10-6-4-7-8(5-6)14-11(13)9(7)10;1-5-3-7(6(2)11)8-4-9(5)13-10(8)12;11-9-5-10(6-12-9)4-7-1-2-8(10)3-7;11-9-10(3-4-12-9)6-7-1-2-8(10)5-7;10-9-8-6-2-1-5(3-6)7(8)4-11-9;2*1-5-2-3-6-4-7(5)10-8(6)9;1-7(2)3-4-9-6(8)5-7;5-4-2-1-3-6-4;4*1-2;;/h6-10H,4-5H2,1-3H3;3-5,7-9H,1-2H3;2*7-8H,1-6H2;5-8H,1-4H2;5-7H,2-4H2,1H3;2,4-7H,3H2,1H3;3-5H2,1-2H3;1-3H2;4*1-2H3;;/q;-2;;;;;-2;;;;;;;2*+2/t;5-,7?,8?,9?;;;;2*5-,6?,7?;;;;;;;;/m.1...11......../s1. The van der Waals surface area contributed by atoms with E-state index in [9.17, 15) is 47.9 Å². The summed E-state index contributed by atoms with van der Waals surface area (Å²) in [5.74, 6) is 8.83. The zero-order chi connectivity index (χ0) is 77.0. The second-order valence-corrected chi connectivity index (χ2v) is 34.8. The van der Waals surface area contributed by atoms with Crippen LogP contribution in [0.25, 0.3) is 0 Å². The van der Waals surface area contributed by atoms with Crippen LogP contribution in [0.5, 0.6) is 0 Å². The number of carbonyl (C=O) groups is 10. The predicted molar refractivity (Wildman–Crippen MR) is 395 cm³/mol. The zero-order valence-corrected chi connectivity index (χ0v) is 73.8. The average Bonchev–Trinajstić information content (AvgIpc) is 1.58. The number of Topliss-reactive ketones (excluding diaryl/α,β-unsaturated/α-hetero) is 1. The molecule has 21 heteroatoms. The largest absolute Gasteiger partial charge is 2.00 e. The first-order valence-corrected chi connectivity index (χ1v) is 41.6. The molecule has 22 unspecified atom stereocenters. The maximum atomic E-state index is 11.7. The first-order valence-electron chi connectivity index (χ1n) is 41.6. The SMILES string of the molecule is CC.CC.CC.CC.CC(=O)C1[CH-][C@@H](C)C2[CH-]C1C(=O)O2.CC(C)(C)C1C2CC3OC(=O)C1C3C2.CC1(C)CCOC(=O)C1.C[C@@H]1CCC2CC1OC2=O.C[C@@H]1[CH-]CC2[CH-]C1OC2=O.O=C1CC2(CO1)CC1CCC2C1.O=C1CCCO1.O=C1OCC2C3CCC(C3)C12.O=C1OCCC12CC1CCC2C1.[W+2].[W+2]. The van der Waals surface area contributed by atoms with E-state index in [1.165, 1.54) is 84.0 Å². The van der Waals surface area contributed by atoms with E-state index in [0.29, 0.717) is 91.8 Å². The van der Waals surface area contributed by atoms with E-state index in [1.807, 2.05) is 81.6 Å². The Balaban J connectivity index is 0.000000187. The van der Waals surface area contributed by atoms with Crippen LogP contribution in [0, 0.1) is 160 Å². The maximum absolute atomic E-state index is 11.7. The summed E-state index contributed by atoms with van der Waals surface area (Å²) >= 11 is 0. The predicted octanol–water partition coefficient (Wildman–Crippen LogP) is 15.8. The number of cyclic esters (lactones) is 5. The van der Waals surface area contributed by atoms with Crippen molar-refractivity contribution in [2.45, 2.75) is 290 Å².